The average Bonchev–Trinajstić information content (AvgIpc) is 2.61. The van der Waals surface area contributed by atoms with Gasteiger partial charge in [0.15, 0.2) is 0 Å². The van der Waals surface area contributed by atoms with Crippen LogP contribution in [0.15, 0.2) is 5.16 Å². The zero-order valence-corrected chi connectivity index (χ0v) is 9.96. The molecule has 0 saturated heterocycles. The lowest BCUT2D eigenvalue weighted by atomic mass is 10.3. The van der Waals surface area contributed by atoms with Crippen molar-refractivity contribution in [3.05, 3.63) is 5.82 Å². The normalized spacial score (nSPS) is 13.3. The van der Waals surface area contributed by atoms with E-state index in [0.717, 1.165) is 0 Å². The molecule has 1 aromatic rings. The second-order valence-electron chi connectivity index (χ2n) is 3.43. The molecule has 0 aliphatic rings. The lowest BCUT2D eigenvalue weighted by Gasteiger charge is -2.15. The summed E-state index contributed by atoms with van der Waals surface area (Å²) in [6.45, 7) is 1.27. The van der Waals surface area contributed by atoms with Crippen molar-refractivity contribution in [2.75, 3.05) is 0 Å². The minimum atomic E-state index is -4.59. The van der Waals surface area contributed by atoms with E-state index in [1.165, 1.54) is 6.92 Å². The maximum Gasteiger partial charge on any atom is 0.365 e. The van der Waals surface area contributed by atoms with E-state index in [4.69, 9.17) is 5.14 Å². The zero-order chi connectivity index (χ0) is 14.1. The minimum absolute atomic E-state index is 0.215. The van der Waals surface area contributed by atoms with Gasteiger partial charge in [-0.1, -0.05) is 6.92 Å². The first kappa shape index (κ1) is 14.8. The smallest absolute Gasteiger partial charge is 0.295 e. The highest BCUT2D eigenvalue weighted by Crippen LogP contribution is 2.34. The van der Waals surface area contributed by atoms with Crippen LogP contribution in [0, 0.1) is 0 Å². The Bertz CT molecular complexity index is 528. The SMILES string of the molecule is CCCn1c(C(F)(F)C(F)F)nnc1S(N)(=O)=O. The standard InChI is InChI=1S/C7H10F4N4O2S/c1-2-3-15-5(7(10,11)4(8)9)13-14-6(15)18(12,16)17/h4H,2-3H2,1H3,(H2,12,16,17). The fourth-order valence-corrected chi connectivity index (χ4v) is 1.91. The third-order valence-electron chi connectivity index (χ3n) is 1.99. The van der Waals surface area contributed by atoms with Gasteiger partial charge in [0, 0.05) is 6.54 Å². The topological polar surface area (TPSA) is 90.9 Å². The Labute approximate surface area is 99.8 Å². The Morgan fingerprint density at radius 1 is 1.39 bits per heavy atom. The first-order valence-corrected chi connectivity index (χ1v) is 6.29. The number of aromatic nitrogens is 3. The summed E-state index contributed by atoms with van der Waals surface area (Å²) in [5.41, 5.74) is 0. The van der Waals surface area contributed by atoms with Gasteiger partial charge in [0.1, 0.15) is 0 Å². The molecule has 0 aliphatic carbocycles. The van der Waals surface area contributed by atoms with Gasteiger partial charge in [0.25, 0.3) is 15.2 Å². The van der Waals surface area contributed by atoms with Crippen LogP contribution in [-0.4, -0.2) is 29.6 Å². The van der Waals surface area contributed by atoms with Crippen LogP contribution < -0.4 is 5.14 Å². The molecule has 1 rings (SSSR count). The van der Waals surface area contributed by atoms with Gasteiger partial charge >= 0.3 is 12.3 Å². The largest absolute Gasteiger partial charge is 0.365 e. The Morgan fingerprint density at radius 2 is 1.94 bits per heavy atom. The van der Waals surface area contributed by atoms with E-state index in [2.05, 4.69) is 10.2 Å². The van der Waals surface area contributed by atoms with Crippen molar-refractivity contribution in [3.8, 4) is 0 Å². The van der Waals surface area contributed by atoms with Gasteiger partial charge in [0.05, 0.1) is 0 Å². The van der Waals surface area contributed by atoms with Crippen molar-refractivity contribution >= 4 is 10.0 Å². The Kier molecular flexibility index (Phi) is 3.96. The molecule has 104 valence electrons. The Hall–Kier alpha value is -1.23. The maximum atomic E-state index is 13.2. The predicted molar refractivity (Wildman–Crippen MR) is 51.6 cm³/mol. The van der Waals surface area contributed by atoms with Gasteiger partial charge in [-0.05, 0) is 6.42 Å². The molecule has 6 nitrogen and oxygen atoms in total. The number of primary sulfonamides is 1. The van der Waals surface area contributed by atoms with E-state index < -0.39 is 33.4 Å². The maximum absolute atomic E-state index is 13.2. The quantitative estimate of drug-likeness (QED) is 0.808. The Balaban J connectivity index is 3.44. The summed E-state index contributed by atoms with van der Waals surface area (Å²) in [5, 5.41) is 9.54. The average molecular weight is 290 g/mol. The number of alkyl halides is 4. The number of hydrogen-bond acceptors (Lipinski definition) is 4. The molecule has 0 fully saturated rings. The van der Waals surface area contributed by atoms with Crippen LogP contribution in [0.2, 0.25) is 0 Å². The van der Waals surface area contributed by atoms with Crippen molar-refractivity contribution in [2.45, 2.75) is 37.4 Å². The number of sulfonamides is 1. The van der Waals surface area contributed by atoms with Crippen molar-refractivity contribution in [3.63, 3.8) is 0 Å². The summed E-state index contributed by atoms with van der Waals surface area (Å²) in [6, 6.07) is 0. The molecule has 0 atom stereocenters. The van der Waals surface area contributed by atoms with Gasteiger partial charge in [-0.2, -0.15) is 8.78 Å². The summed E-state index contributed by atoms with van der Waals surface area (Å²) >= 11 is 0. The molecule has 1 aromatic heterocycles. The summed E-state index contributed by atoms with van der Waals surface area (Å²) in [5.74, 6) is -6.01. The van der Waals surface area contributed by atoms with Gasteiger partial charge in [0.2, 0.25) is 5.82 Å². The fraction of sp³-hybridized carbons (Fsp3) is 0.714. The molecule has 0 aromatic carbocycles. The molecule has 0 aliphatic heterocycles. The van der Waals surface area contributed by atoms with Crippen LogP contribution in [0.4, 0.5) is 17.6 Å². The second kappa shape index (κ2) is 4.80. The Morgan fingerprint density at radius 3 is 2.33 bits per heavy atom. The van der Waals surface area contributed by atoms with E-state index >= 15 is 0 Å². The molecule has 18 heavy (non-hydrogen) atoms. The van der Waals surface area contributed by atoms with E-state index in [9.17, 15) is 26.0 Å². The van der Waals surface area contributed by atoms with Crippen LogP contribution in [0.5, 0.6) is 0 Å². The molecular formula is C7H10F4N4O2S. The molecule has 0 amide bonds. The minimum Gasteiger partial charge on any atom is -0.295 e. The lowest BCUT2D eigenvalue weighted by molar-refractivity contribution is -0.143. The first-order chi connectivity index (χ1) is 8.12. The molecular weight excluding hydrogens is 280 g/mol. The number of rotatable bonds is 5. The van der Waals surface area contributed by atoms with Gasteiger partial charge in [-0.25, -0.2) is 22.3 Å². The van der Waals surface area contributed by atoms with Crippen molar-refractivity contribution in [1.29, 1.82) is 0 Å². The van der Waals surface area contributed by atoms with Crippen LogP contribution >= 0.6 is 0 Å². The van der Waals surface area contributed by atoms with Gasteiger partial charge in [-0.15, -0.1) is 10.2 Å². The van der Waals surface area contributed by atoms with Gasteiger partial charge < -0.3 is 0 Å². The zero-order valence-electron chi connectivity index (χ0n) is 9.15. The molecule has 0 saturated carbocycles. The summed E-state index contributed by atoms with van der Waals surface area (Å²) < 4.78 is 73.2. The number of nitrogens with two attached hydrogens (primary N) is 1. The molecule has 0 unspecified atom stereocenters. The van der Waals surface area contributed by atoms with Crippen molar-refractivity contribution in [1.82, 2.24) is 14.8 Å². The third-order valence-corrected chi connectivity index (χ3v) is 2.80. The van der Waals surface area contributed by atoms with Crippen molar-refractivity contribution in [2.24, 2.45) is 5.14 Å². The predicted octanol–water partition coefficient (Wildman–Crippen LogP) is 0.692. The van der Waals surface area contributed by atoms with Crippen LogP contribution in [0.25, 0.3) is 0 Å². The highest BCUT2D eigenvalue weighted by molar-refractivity contribution is 7.89. The summed E-state index contributed by atoms with van der Waals surface area (Å²) in [4.78, 5) is 0. The highest BCUT2D eigenvalue weighted by atomic mass is 32.2. The number of nitrogens with zero attached hydrogens (tertiary/aromatic N) is 3. The fourth-order valence-electron chi connectivity index (χ4n) is 1.27. The molecule has 11 heteroatoms. The molecule has 1 heterocycles. The van der Waals surface area contributed by atoms with Gasteiger partial charge in [-0.3, -0.25) is 4.57 Å². The van der Waals surface area contributed by atoms with Crippen LogP contribution in [0.3, 0.4) is 0 Å². The van der Waals surface area contributed by atoms with E-state index in [-0.39, 0.29) is 13.0 Å². The van der Waals surface area contributed by atoms with E-state index in [0.29, 0.717) is 4.57 Å². The molecule has 0 radical (unpaired) electrons. The molecule has 2 N–H and O–H groups in total. The molecule has 0 bridgehead atoms. The summed E-state index contributed by atoms with van der Waals surface area (Å²) in [6.07, 6.45) is -3.81. The van der Waals surface area contributed by atoms with E-state index in [1.807, 2.05) is 0 Å². The molecule has 0 spiro atoms. The second-order valence-corrected chi connectivity index (χ2v) is 4.88. The van der Waals surface area contributed by atoms with E-state index in [1.54, 1.807) is 0 Å². The van der Waals surface area contributed by atoms with Crippen molar-refractivity contribution < 1.29 is 26.0 Å². The highest BCUT2D eigenvalue weighted by Gasteiger charge is 2.48. The monoisotopic (exact) mass is 290 g/mol. The third kappa shape index (κ3) is 2.61. The van der Waals surface area contributed by atoms with Crippen LogP contribution in [-0.2, 0) is 22.5 Å². The number of halogens is 4. The van der Waals surface area contributed by atoms with Crippen LogP contribution in [0.1, 0.15) is 19.2 Å². The first-order valence-electron chi connectivity index (χ1n) is 4.74. The lowest BCUT2D eigenvalue weighted by Crippen LogP contribution is -2.29. The summed E-state index contributed by atoms with van der Waals surface area (Å²) in [7, 11) is -4.41. The number of hydrogen-bond donors (Lipinski definition) is 1.